The summed E-state index contributed by atoms with van der Waals surface area (Å²) in [5.74, 6) is 0. The number of halogens is 3. The van der Waals surface area contributed by atoms with E-state index >= 15 is 0 Å². The molecule has 0 heterocycles. The number of alkyl halides is 3. The minimum Gasteiger partial charge on any atom is -0.778 e. The Hall–Kier alpha value is -0.0600. The van der Waals surface area contributed by atoms with Crippen molar-refractivity contribution in [1.82, 2.24) is 0 Å². The van der Waals surface area contributed by atoms with Gasteiger partial charge in [-0.1, -0.05) is 6.92 Å². The average Bonchev–Trinajstić information content (AvgIpc) is 1.83. The van der Waals surface area contributed by atoms with Crippen molar-refractivity contribution in [3.63, 3.8) is 0 Å². The fourth-order valence-corrected chi connectivity index (χ4v) is 1.53. The zero-order chi connectivity index (χ0) is 9.83. The molecule has 0 saturated carbocycles. The molecule has 3 nitrogen and oxygen atoms in total. The van der Waals surface area contributed by atoms with Crippen molar-refractivity contribution in [2.75, 3.05) is 12.8 Å². The molecule has 74 valence electrons. The Kier molecular flexibility index (Phi) is 4.23. The molecule has 0 aromatic rings. The van der Waals surface area contributed by atoms with Crippen LogP contribution in [-0.4, -0.2) is 18.9 Å². The second kappa shape index (κ2) is 4.25. The van der Waals surface area contributed by atoms with Gasteiger partial charge in [0.15, 0.2) is 0 Å². The summed E-state index contributed by atoms with van der Waals surface area (Å²) in [6.07, 6.45) is -4.70. The van der Waals surface area contributed by atoms with Crippen LogP contribution in [0.25, 0.3) is 0 Å². The van der Waals surface area contributed by atoms with Crippen molar-refractivity contribution in [1.29, 1.82) is 0 Å². The predicted molar refractivity (Wildman–Crippen MR) is 34.8 cm³/mol. The first-order valence-corrected chi connectivity index (χ1v) is 5.01. The maximum Gasteiger partial charge on any atom is 0.412 e. The molecule has 0 saturated heterocycles. The molecule has 0 aliphatic carbocycles. The summed E-state index contributed by atoms with van der Waals surface area (Å²) in [7, 11) is -4.26. The summed E-state index contributed by atoms with van der Waals surface area (Å²) in [5, 5.41) is 0. The van der Waals surface area contributed by atoms with Crippen molar-refractivity contribution >= 4 is 7.60 Å². The smallest absolute Gasteiger partial charge is 0.412 e. The molecule has 0 radical (unpaired) electrons. The average molecular weight is 205 g/mol. The minimum absolute atomic E-state index is 0.249. The summed E-state index contributed by atoms with van der Waals surface area (Å²) in [6.45, 7) is -0.185. The first-order chi connectivity index (χ1) is 5.27. The van der Waals surface area contributed by atoms with Crippen LogP contribution in [0.5, 0.6) is 0 Å². The van der Waals surface area contributed by atoms with Gasteiger partial charge in [0.1, 0.15) is 14.2 Å². The lowest BCUT2D eigenvalue weighted by Gasteiger charge is -2.22. The van der Waals surface area contributed by atoms with Crippen molar-refractivity contribution in [3.8, 4) is 0 Å². The van der Waals surface area contributed by atoms with E-state index in [9.17, 15) is 22.6 Å². The second-order valence-corrected chi connectivity index (χ2v) is 4.15. The van der Waals surface area contributed by atoms with E-state index in [-0.39, 0.29) is 12.6 Å². The number of hydrogen-bond donors (Lipinski definition) is 0. The highest BCUT2D eigenvalue weighted by molar-refractivity contribution is 7.51. The summed E-state index contributed by atoms with van der Waals surface area (Å²) in [6, 6.07) is 0. The number of rotatable bonds is 4. The summed E-state index contributed by atoms with van der Waals surface area (Å²) >= 11 is 0. The maximum absolute atomic E-state index is 11.4. The first-order valence-electron chi connectivity index (χ1n) is 3.28. The van der Waals surface area contributed by atoms with E-state index in [2.05, 4.69) is 4.52 Å². The van der Waals surface area contributed by atoms with Gasteiger partial charge in [-0.15, -0.1) is 0 Å². The quantitative estimate of drug-likeness (QED) is 0.654. The van der Waals surface area contributed by atoms with Gasteiger partial charge in [0, 0.05) is 6.16 Å². The molecule has 12 heavy (non-hydrogen) atoms. The molecule has 1 unspecified atom stereocenters. The van der Waals surface area contributed by atoms with Crippen LogP contribution in [0.15, 0.2) is 0 Å². The standard InChI is InChI=1S/C5H10F3O3P/c1-2-3-12(9,10)11-4-5(6,7)8/h2-4H2,1H3,(H,9,10)/p-1. The molecule has 0 aromatic carbocycles. The van der Waals surface area contributed by atoms with Gasteiger partial charge < -0.3 is 14.0 Å². The van der Waals surface area contributed by atoms with Gasteiger partial charge in [0.05, 0.1) is 0 Å². The molecule has 0 aromatic heterocycles. The molecule has 0 fully saturated rings. The lowest BCUT2D eigenvalue weighted by molar-refractivity contribution is -0.216. The molecule has 7 heteroatoms. The van der Waals surface area contributed by atoms with E-state index in [1.54, 1.807) is 6.92 Å². The first kappa shape index (κ1) is 11.9. The van der Waals surface area contributed by atoms with E-state index in [4.69, 9.17) is 0 Å². The van der Waals surface area contributed by atoms with Crippen LogP contribution in [0.4, 0.5) is 13.2 Å². The normalized spacial score (nSPS) is 17.4. The molecular formula is C5H9F3O3P-. The van der Waals surface area contributed by atoms with Crippen LogP contribution in [0.2, 0.25) is 0 Å². The third-order valence-electron chi connectivity index (χ3n) is 0.922. The van der Waals surface area contributed by atoms with Crippen LogP contribution in [0.1, 0.15) is 13.3 Å². The van der Waals surface area contributed by atoms with Gasteiger partial charge in [-0.3, -0.25) is 0 Å². The third-order valence-corrected chi connectivity index (χ3v) is 2.44. The van der Waals surface area contributed by atoms with E-state index in [0.717, 1.165) is 0 Å². The van der Waals surface area contributed by atoms with Crippen molar-refractivity contribution in [3.05, 3.63) is 0 Å². The van der Waals surface area contributed by atoms with E-state index in [0.29, 0.717) is 0 Å². The van der Waals surface area contributed by atoms with Crippen LogP contribution in [0.3, 0.4) is 0 Å². The van der Waals surface area contributed by atoms with Crippen LogP contribution >= 0.6 is 7.60 Å². The second-order valence-electron chi connectivity index (χ2n) is 2.22. The van der Waals surface area contributed by atoms with E-state index in [1.807, 2.05) is 0 Å². The SMILES string of the molecule is CCCP(=O)([O-])OCC(F)(F)F. The Bertz CT molecular complexity index is 179. The Morgan fingerprint density at radius 2 is 2.00 bits per heavy atom. The molecule has 0 bridgehead atoms. The third kappa shape index (κ3) is 6.64. The van der Waals surface area contributed by atoms with E-state index in [1.165, 1.54) is 0 Å². The van der Waals surface area contributed by atoms with Crippen LogP contribution < -0.4 is 4.89 Å². The zero-order valence-corrected chi connectivity index (χ0v) is 7.32. The van der Waals surface area contributed by atoms with Crippen molar-refractivity contribution in [2.45, 2.75) is 19.5 Å². The minimum atomic E-state index is -4.59. The lowest BCUT2D eigenvalue weighted by atomic mass is 10.6. The predicted octanol–water partition coefficient (Wildman–Crippen LogP) is 1.53. The highest BCUT2D eigenvalue weighted by Crippen LogP contribution is 2.39. The van der Waals surface area contributed by atoms with Gasteiger partial charge >= 0.3 is 6.18 Å². The molecule has 0 N–H and O–H groups in total. The Morgan fingerprint density at radius 1 is 1.50 bits per heavy atom. The van der Waals surface area contributed by atoms with Crippen molar-refractivity contribution in [2.24, 2.45) is 0 Å². The van der Waals surface area contributed by atoms with Crippen molar-refractivity contribution < 1.29 is 27.2 Å². The summed E-state index contributed by atoms with van der Waals surface area (Å²) in [5.41, 5.74) is 0. The fourth-order valence-electron chi connectivity index (χ4n) is 0.510. The molecular weight excluding hydrogens is 196 g/mol. The lowest BCUT2D eigenvalue weighted by Crippen LogP contribution is -2.19. The van der Waals surface area contributed by atoms with Gasteiger partial charge in [-0.2, -0.15) is 13.2 Å². The Labute approximate surface area is 68.1 Å². The summed E-state index contributed by atoms with van der Waals surface area (Å²) < 4.78 is 48.6. The Balaban J connectivity index is 3.84. The van der Waals surface area contributed by atoms with Crippen LogP contribution in [0, 0.1) is 0 Å². The van der Waals surface area contributed by atoms with Gasteiger partial charge in [0.25, 0.3) is 0 Å². The molecule has 0 amide bonds. The molecule has 0 aliphatic rings. The zero-order valence-electron chi connectivity index (χ0n) is 6.43. The monoisotopic (exact) mass is 205 g/mol. The van der Waals surface area contributed by atoms with Gasteiger partial charge in [0.2, 0.25) is 0 Å². The number of hydrogen-bond acceptors (Lipinski definition) is 3. The summed E-state index contributed by atoms with van der Waals surface area (Å²) in [4.78, 5) is 10.6. The molecule has 0 rings (SSSR count). The molecule has 1 atom stereocenters. The topological polar surface area (TPSA) is 49.4 Å². The highest BCUT2D eigenvalue weighted by atomic mass is 31.2. The highest BCUT2D eigenvalue weighted by Gasteiger charge is 2.29. The maximum atomic E-state index is 11.4. The van der Waals surface area contributed by atoms with E-state index < -0.39 is 20.4 Å². The van der Waals surface area contributed by atoms with Gasteiger partial charge in [-0.25, -0.2) is 0 Å². The fraction of sp³-hybridized carbons (Fsp3) is 1.00. The molecule has 0 spiro atoms. The van der Waals surface area contributed by atoms with Crippen LogP contribution in [-0.2, 0) is 9.09 Å². The van der Waals surface area contributed by atoms with Gasteiger partial charge in [-0.05, 0) is 6.42 Å². The Morgan fingerprint density at radius 3 is 2.33 bits per heavy atom. The molecule has 0 aliphatic heterocycles. The largest absolute Gasteiger partial charge is 0.778 e.